The number of Topliss-reactive ketones (excluding diaryl/α,β-unsaturated/α-hetero) is 1. The molecule has 0 aliphatic rings. The molecular formula is C23H23BrClF2N3O5. The third kappa shape index (κ3) is 5.80. The van der Waals surface area contributed by atoms with Crippen LogP contribution in [0.15, 0.2) is 28.9 Å². The standard InChI is InChI=1S/C23H23BrClF2N3O5/c1-12-20(16(26)9-15(24)21(12)27)22-17(30-6-5-13(25)7-18(30)28-22)8-14(31)10-29(23(32)35-4)11-19(33-2)34-3/h5-7,9,19H,8,10-11H2,1-4H3. The second kappa shape index (κ2) is 11.4. The van der Waals surface area contributed by atoms with Crippen LogP contribution in [0.5, 0.6) is 0 Å². The van der Waals surface area contributed by atoms with Crippen LogP contribution in [0.2, 0.25) is 5.02 Å². The fourth-order valence-corrected chi connectivity index (χ4v) is 4.31. The first-order chi connectivity index (χ1) is 16.6. The van der Waals surface area contributed by atoms with Crippen LogP contribution >= 0.6 is 27.5 Å². The zero-order chi connectivity index (χ0) is 25.9. The van der Waals surface area contributed by atoms with E-state index in [9.17, 15) is 14.0 Å². The smallest absolute Gasteiger partial charge is 0.410 e. The number of nitrogens with zero attached hydrogens (tertiary/aromatic N) is 3. The van der Waals surface area contributed by atoms with Crippen LogP contribution in [0.4, 0.5) is 13.6 Å². The number of fused-ring (bicyclic) bond motifs is 1. The number of imidazole rings is 1. The van der Waals surface area contributed by atoms with Gasteiger partial charge in [0.05, 0.1) is 42.5 Å². The normalized spacial score (nSPS) is 11.3. The summed E-state index contributed by atoms with van der Waals surface area (Å²) in [6, 6.07) is 4.14. The van der Waals surface area contributed by atoms with E-state index in [0.29, 0.717) is 16.4 Å². The highest BCUT2D eigenvalue weighted by atomic mass is 79.9. The molecule has 0 fully saturated rings. The number of carbonyl (C=O) groups is 2. The van der Waals surface area contributed by atoms with Gasteiger partial charge in [-0.2, -0.15) is 0 Å². The van der Waals surface area contributed by atoms with Crippen molar-refractivity contribution in [2.45, 2.75) is 19.6 Å². The summed E-state index contributed by atoms with van der Waals surface area (Å²) >= 11 is 9.10. The van der Waals surface area contributed by atoms with Crippen molar-refractivity contribution in [1.29, 1.82) is 0 Å². The minimum absolute atomic E-state index is 0.0271. The lowest BCUT2D eigenvalue weighted by atomic mass is 10.0. The molecule has 0 radical (unpaired) electrons. The van der Waals surface area contributed by atoms with Gasteiger partial charge in [-0.05, 0) is 40.5 Å². The van der Waals surface area contributed by atoms with Gasteiger partial charge in [-0.15, -0.1) is 0 Å². The molecule has 0 atom stereocenters. The van der Waals surface area contributed by atoms with Gasteiger partial charge >= 0.3 is 6.09 Å². The molecule has 0 aliphatic carbocycles. The van der Waals surface area contributed by atoms with Crippen molar-refractivity contribution in [3.8, 4) is 11.3 Å². The zero-order valence-corrected chi connectivity index (χ0v) is 21.7. The molecule has 0 N–H and O–H groups in total. The Morgan fingerprint density at radius 3 is 2.54 bits per heavy atom. The van der Waals surface area contributed by atoms with Crippen LogP contribution in [0, 0.1) is 18.6 Å². The number of aromatic nitrogens is 2. The summed E-state index contributed by atoms with van der Waals surface area (Å²) in [6.45, 7) is 1.02. The lowest BCUT2D eigenvalue weighted by Gasteiger charge is -2.24. The molecule has 0 saturated carbocycles. The fraction of sp³-hybridized carbons (Fsp3) is 0.348. The Morgan fingerprint density at radius 1 is 1.23 bits per heavy atom. The monoisotopic (exact) mass is 573 g/mol. The number of ether oxygens (including phenoxy) is 3. The molecule has 0 bridgehead atoms. The van der Waals surface area contributed by atoms with Crippen molar-refractivity contribution in [1.82, 2.24) is 14.3 Å². The molecule has 3 rings (SSSR count). The fourth-order valence-electron chi connectivity index (χ4n) is 3.66. The van der Waals surface area contributed by atoms with Crippen molar-refractivity contribution in [2.75, 3.05) is 34.4 Å². The van der Waals surface area contributed by atoms with E-state index in [2.05, 4.69) is 20.9 Å². The number of pyridine rings is 1. The molecule has 2 heterocycles. The number of benzene rings is 1. The predicted molar refractivity (Wildman–Crippen MR) is 128 cm³/mol. The van der Waals surface area contributed by atoms with Crippen LogP contribution in [-0.4, -0.2) is 66.9 Å². The summed E-state index contributed by atoms with van der Waals surface area (Å²) < 4.78 is 46.2. The topological polar surface area (TPSA) is 82.4 Å². The third-order valence-corrected chi connectivity index (χ3v) is 6.20. The predicted octanol–water partition coefficient (Wildman–Crippen LogP) is 4.80. The largest absolute Gasteiger partial charge is 0.453 e. The first-order valence-corrected chi connectivity index (χ1v) is 11.5. The lowest BCUT2D eigenvalue weighted by Crippen LogP contribution is -2.42. The Kier molecular flexibility index (Phi) is 8.81. The summed E-state index contributed by atoms with van der Waals surface area (Å²) in [7, 11) is 3.99. The Bertz CT molecular complexity index is 1270. The van der Waals surface area contributed by atoms with Crippen molar-refractivity contribution in [3.63, 3.8) is 0 Å². The average molecular weight is 575 g/mol. The Balaban J connectivity index is 2.05. The molecule has 12 heteroatoms. The summed E-state index contributed by atoms with van der Waals surface area (Å²) in [6.07, 6.45) is -0.187. The number of ketones is 1. The quantitative estimate of drug-likeness (QED) is 0.270. The van der Waals surface area contributed by atoms with Gasteiger partial charge in [0.25, 0.3) is 0 Å². The molecule has 8 nitrogen and oxygen atoms in total. The molecular weight excluding hydrogens is 552 g/mol. The highest BCUT2D eigenvalue weighted by Gasteiger charge is 2.26. The number of halogens is 4. The van der Waals surface area contributed by atoms with Crippen LogP contribution in [0.1, 0.15) is 11.3 Å². The van der Waals surface area contributed by atoms with E-state index < -0.39 is 29.8 Å². The van der Waals surface area contributed by atoms with Gasteiger partial charge in [0.1, 0.15) is 17.3 Å². The number of methoxy groups -OCH3 is 3. The summed E-state index contributed by atoms with van der Waals surface area (Å²) in [5.74, 6) is -1.76. The second-order valence-electron chi connectivity index (χ2n) is 7.60. The van der Waals surface area contributed by atoms with E-state index in [0.717, 1.165) is 11.0 Å². The molecule has 0 saturated heterocycles. The minimum Gasteiger partial charge on any atom is -0.453 e. The SMILES string of the molecule is COC(=O)N(CC(=O)Cc1c(-c2c(F)cc(Br)c(F)c2C)nc2cc(Cl)ccn12)CC(OC)OC. The maximum Gasteiger partial charge on any atom is 0.410 e. The molecule has 35 heavy (non-hydrogen) atoms. The number of hydrogen-bond donors (Lipinski definition) is 0. The number of hydrogen-bond acceptors (Lipinski definition) is 6. The summed E-state index contributed by atoms with van der Waals surface area (Å²) in [5.41, 5.74) is 0.709. The van der Waals surface area contributed by atoms with E-state index in [1.165, 1.54) is 28.3 Å². The van der Waals surface area contributed by atoms with Gasteiger partial charge in [-0.3, -0.25) is 9.69 Å². The first kappa shape index (κ1) is 27.0. The van der Waals surface area contributed by atoms with Crippen molar-refractivity contribution in [3.05, 3.63) is 56.8 Å². The van der Waals surface area contributed by atoms with Crippen LogP contribution in [0.3, 0.4) is 0 Å². The molecule has 0 aliphatic heterocycles. The van der Waals surface area contributed by atoms with E-state index in [1.807, 2.05) is 0 Å². The molecule has 3 aromatic rings. The van der Waals surface area contributed by atoms with E-state index in [4.69, 9.17) is 25.8 Å². The second-order valence-corrected chi connectivity index (χ2v) is 8.89. The van der Waals surface area contributed by atoms with Crippen molar-refractivity contribution < 1.29 is 32.6 Å². The third-order valence-electron chi connectivity index (χ3n) is 5.39. The van der Waals surface area contributed by atoms with E-state index in [-0.39, 0.29) is 40.8 Å². The molecule has 188 valence electrons. The number of rotatable bonds is 9. The molecule has 0 spiro atoms. The van der Waals surface area contributed by atoms with Gasteiger partial charge in [0, 0.05) is 37.1 Å². The maximum absolute atomic E-state index is 15.0. The van der Waals surface area contributed by atoms with Crippen LogP contribution in [-0.2, 0) is 25.4 Å². The van der Waals surface area contributed by atoms with E-state index >= 15 is 4.39 Å². The summed E-state index contributed by atoms with van der Waals surface area (Å²) in [4.78, 5) is 30.9. The zero-order valence-electron chi connectivity index (χ0n) is 19.4. The highest BCUT2D eigenvalue weighted by Crippen LogP contribution is 2.35. The Morgan fingerprint density at radius 2 is 1.91 bits per heavy atom. The molecule has 0 unspecified atom stereocenters. The van der Waals surface area contributed by atoms with Crippen LogP contribution < -0.4 is 0 Å². The van der Waals surface area contributed by atoms with Crippen molar-refractivity contribution in [2.24, 2.45) is 0 Å². The van der Waals surface area contributed by atoms with E-state index in [1.54, 1.807) is 22.7 Å². The number of carbonyl (C=O) groups excluding carboxylic acids is 2. The molecule has 1 amide bonds. The van der Waals surface area contributed by atoms with Crippen LogP contribution in [0.25, 0.3) is 16.9 Å². The minimum atomic E-state index is -0.780. The summed E-state index contributed by atoms with van der Waals surface area (Å²) in [5, 5.41) is 0.383. The molecule has 2 aromatic heterocycles. The Labute approximate surface area is 213 Å². The maximum atomic E-state index is 15.0. The molecule has 1 aromatic carbocycles. The van der Waals surface area contributed by atoms with Gasteiger partial charge in [0.15, 0.2) is 12.1 Å². The first-order valence-electron chi connectivity index (χ1n) is 10.3. The number of amides is 1. The lowest BCUT2D eigenvalue weighted by molar-refractivity contribution is -0.125. The van der Waals surface area contributed by atoms with Gasteiger partial charge in [-0.25, -0.2) is 18.6 Å². The highest BCUT2D eigenvalue weighted by molar-refractivity contribution is 9.10. The average Bonchev–Trinajstić information content (AvgIpc) is 3.16. The van der Waals surface area contributed by atoms with Gasteiger partial charge in [0.2, 0.25) is 0 Å². The van der Waals surface area contributed by atoms with Crippen molar-refractivity contribution >= 4 is 45.1 Å². The van der Waals surface area contributed by atoms with Gasteiger partial charge in [-0.1, -0.05) is 11.6 Å². The Hall–Kier alpha value is -2.60. The van der Waals surface area contributed by atoms with Gasteiger partial charge < -0.3 is 18.6 Å².